The van der Waals surface area contributed by atoms with E-state index in [0.29, 0.717) is 41.3 Å². The Balaban J connectivity index is 1.53. The Labute approximate surface area is 199 Å². The highest BCUT2D eigenvalue weighted by Gasteiger charge is 2.48. The van der Waals surface area contributed by atoms with Crippen molar-refractivity contribution < 1.29 is 14.1 Å². The largest absolute Gasteiger partial charge is 0.473 e. The van der Waals surface area contributed by atoms with Gasteiger partial charge in [-0.05, 0) is 65.5 Å². The Hall–Kier alpha value is -2.94. The number of ketones is 1. The first kappa shape index (κ1) is 22.8. The highest BCUT2D eigenvalue weighted by atomic mass is 16.5. The molecule has 9 heteroatoms. The summed E-state index contributed by atoms with van der Waals surface area (Å²) < 4.78 is 12.1. The summed E-state index contributed by atoms with van der Waals surface area (Å²) in [5.74, 6) is 1.60. The van der Waals surface area contributed by atoms with Gasteiger partial charge in [0.25, 0.3) is 0 Å². The van der Waals surface area contributed by atoms with Gasteiger partial charge in [-0.1, -0.05) is 11.6 Å². The molecule has 0 amide bonds. The van der Waals surface area contributed by atoms with E-state index in [0.717, 1.165) is 69.7 Å². The van der Waals surface area contributed by atoms with Crippen molar-refractivity contribution in [1.82, 2.24) is 20.0 Å². The van der Waals surface area contributed by atoms with E-state index in [1.807, 2.05) is 6.92 Å². The Bertz CT molecular complexity index is 1130. The second kappa shape index (κ2) is 9.02. The highest BCUT2D eigenvalue weighted by molar-refractivity contribution is 6.35. The zero-order chi connectivity index (χ0) is 23.9. The summed E-state index contributed by atoms with van der Waals surface area (Å²) in [5, 5.41) is 20.0. The van der Waals surface area contributed by atoms with Crippen LogP contribution in [0.2, 0.25) is 0 Å². The van der Waals surface area contributed by atoms with Crippen molar-refractivity contribution in [3.8, 4) is 17.4 Å². The molecule has 2 aliphatic carbocycles. The van der Waals surface area contributed by atoms with E-state index in [1.54, 1.807) is 6.07 Å². The van der Waals surface area contributed by atoms with E-state index in [-0.39, 0.29) is 17.6 Å². The normalized spacial score (nSPS) is 25.8. The fourth-order valence-corrected chi connectivity index (χ4v) is 5.97. The Morgan fingerprint density at radius 3 is 2.82 bits per heavy atom. The average Bonchev–Trinajstić information content (AvgIpc) is 3.47. The van der Waals surface area contributed by atoms with Crippen LogP contribution in [0.1, 0.15) is 75.3 Å². The quantitative estimate of drug-likeness (QED) is 0.623. The van der Waals surface area contributed by atoms with Gasteiger partial charge in [-0.25, -0.2) is 4.98 Å². The molecule has 0 aromatic carbocycles. The first-order chi connectivity index (χ1) is 16.4. The molecule has 3 atom stereocenters. The highest BCUT2D eigenvalue weighted by Crippen LogP contribution is 2.47. The van der Waals surface area contributed by atoms with Crippen LogP contribution in [0.3, 0.4) is 0 Å². The molecule has 3 aliphatic rings. The van der Waals surface area contributed by atoms with Gasteiger partial charge in [0.05, 0.1) is 16.8 Å². The van der Waals surface area contributed by atoms with E-state index in [1.165, 1.54) is 0 Å². The molecular formula is C25H32N6O3. The van der Waals surface area contributed by atoms with E-state index in [4.69, 9.17) is 20.1 Å². The second-order valence-electron chi connectivity index (χ2n) is 9.89. The number of hydrogen-bond donors (Lipinski definition) is 2. The maximum Gasteiger partial charge on any atom is 0.217 e. The van der Waals surface area contributed by atoms with Gasteiger partial charge >= 0.3 is 0 Å². The van der Waals surface area contributed by atoms with E-state index in [9.17, 15) is 4.79 Å². The lowest BCUT2D eigenvalue weighted by Gasteiger charge is -2.36. The third kappa shape index (κ3) is 3.85. The molecule has 9 nitrogen and oxygen atoms in total. The molecule has 34 heavy (non-hydrogen) atoms. The standard InChI is InChI=1S/C25H32N6O3/c1-15(19-8-6-12-31(19)2)33-21-13-18(17(27)14-26)28-24(29-21)22-16-7-5-11-25(23(16)34-30-22)10-4-3-9-20(25)32/h13-15,19,26-27H,3-12H2,1-2H3/t15-,19-,25+/m0/s1. The zero-order valence-corrected chi connectivity index (χ0v) is 19.9. The Morgan fingerprint density at radius 2 is 2.09 bits per heavy atom. The van der Waals surface area contributed by atoms with Crippen LogP contribution in [0.25, 0.3) is 11.5 Å². The summed E-state index contributed by atoms with van der Waals surface area (Å²) in [6.45, 7) is 3.08. The van der Waals surface area contributed by atoms with Crippen molar-refractivity contribution in [2.75, 3.05) is 13.6 Å². The second-order valence-corrected chi connectivity index (χ2v) is 9.89. The molecule has 2 aromatic heterocycles. The molecule has 2 aromatic rings. The van der Waals surface area contributed by atoms with Crippen molar-refractivity contribution in [2.24, 2.45) is 0 Å². The number of carbonyl (C=O) groups excluding carboxylic acids is 1. The van der Waals surface area contributed by atoms with Crippen molar-refractivity contribution in [3.63, 3.8) is 0 Å². The maximum absolute atomic E-state index is 13.0. The number of ether oxygens (including phenoxy) is 1. The molecule has 1 saturated carbocycles. The molecule has 5 rings (SSSR count). The van der Waals surface area contributed by atoms with Crippen LogP contribution in [-0.4, -0.2) is 63.5 Å². The van der Waals surface area contributed by atoms with Gasteiger partial charge in [-0.3, -0.25) is 15.1 Å². The van der Waals surface area contributed by atoms with Crippen LogP contribution in [0.4, 0.5) is 0 Å². The number of nitrogens with one attached hydrogen (secondary N) is 2. The predicted molar refractivity (Wildman–Crippen MR) is 127 cm³/mol. The van der Waals surface area contributed by atoms with Crippen LogP contribution in [0.15, 0.2) is 10.6 Å². The lowest BCUT2D eigenvalue weighted by Crippen LogP contribution is -2.41. The monoisotopic (exact) mass is 464 g/mol. The van der Waals surface area contributed by atoms with Gasteiger partial charge in [-0.2, -0.15) is 4.98 Å². The fraction of sp³-hybridized carbons (Fsp3) is 0.600. The first-order valence-corrected chi connectivity index (χ1v) is 12.3. The van der Waals surface area contributed by atoms with Gasteiger partial charge in [0, 0.05) is 30.3 Å². The molecule has 0 bridgehead atoms. The first-order valence-electron chi connectivity index (χ1n) is 12.3. The molecular weight excluding hydrogens is 432 g/mol. The van der Waals surface area contributed by atoms with Crippen LogP contribution in [0.5, 0.6) is 5.88 Å². The van der Waals surface area contributed by atoms with Crippen molar-refractivity contribution in [3.05, 3.63) is 23.1 Å². The van der Waals surface area contributed by atoms with Gasteiger partial charge in [0.1, 0.15) is 11.9 Å². The summed E-state index contributed by atoms with van der Waals surface area (Å²) >= 11 is 0. The number of fused-ring (bicyclic) bond motifs is 2. The van der Waals surface area contributed by atoms with Crippen LogP contribution in [-0.2, 0) is 16.6 Å². The van der Waals surface area contributed by atoms with Crippen LogP contribution >= 0.6 is 0 Å². The third-order valence-corrected chi connectivity index (χ3v) is 7.80. The predicted octanol–water partition coefficient (Wildman–Crippen LogP) is 3.73. The van der Waals surface area contributed by atoms with E-state index < -0.39 is 5.41 Å². The number of likely N-dealkylation sites (tertiary alicyclic amines) is 1. The molecule has 1 saturated heterocycles. The van der Waals surface area contributed by atoms with Crippen molar-refractivity contribution >= 4 is 17.7 Å². The lowest BCUT2D eigenvalue weighted by molar-refractivity contribution is -0.128. The van der Waals surface area contributed by atoms with Crippen molar-refractivity contribution in [2.45, 2.75) is 82.3 Å². The number of rotatable bonds is 6. The molecule has 0 unspecified atom stereocenters. The van der Waals surface area contributed by atoms with Gasteiger partial charge in [0.2, 0.25) is 5.88 Å². The number of carbonyl (C=O) groups is 1. The number of hydrogen-bond acceptors (Lipinski definition) is 9. The molecule has 2 fully saturated rings. The maximum atomic E-state index is 13.0. The smallest absolute Gasteiger partial charge is 0.217 e. The van der Waals surface area contributed by atoms with Crippen molar-refractivity contribution in [1.29, 1.82) is 10.8 Å². The molecule has 0 radical (unpaired) electrons. The van der Waals surface area contributed by atoms with Gasteiger partial charge in [0.15, 0.2) is 17.3 Å². The topological polar surface area (TPSA) is 129 Å². The summed E-state index contributed by atoms with van der Waals surface area (Å²) in [6.07, 6.45) is 8.83. The van der Waals surface area contributed by atoms with Crippen LogP contribution in [0, 0.1) is 10.8 Å². The Morgan fingerprint density at radius 1 is 1.26 bits per heavy atom. The molecule has 2 N–H and O–H groups in total. The number of Topliss-reactive ketones (excluding diaryl/α,β-unsaturated/α-hetero) is 1. The van der Waals surface area contributed by atoms with E-state index in [2.05, 4.69) is 27.1 Å². The molecule has 3 heterocycles. The minimum Gasteiger partial charge on any atom is -0.473 e. The SMILES string of the molecule is C[C@H](Oc1cc(C(=N)C=N)nc(-c2noc3c2CCC[C@@]32CCCCC2=O)n1)[C@@H]1CCCN1C. The number of nitrogens with zero attached hydrogens (tertiary/aromatic N) is 4. The minimum absolute atomic E-state index is 0.0320. The summed E-state index contributed by atoms with van der Waals surface area (Å²) in [5.41, 5.74) is 1.11. The lowest BCUT2D eigenvalue weighted by atomic mass is 9.64. The average molecular weight is 465 g/mol. The van der Waals surface area contributed by atoms with Gasteiger partial charge < -0.3 is 14.7 Å². The summed E-state index contributed by atoms with van der Waals surface area (Å²) in [7, 11) is 2.10. The summed E-state index contributed by atoms with van der Waals surface area (Å²) in [4.78, 5) is 24.5. The van der Waals surface area contributed by atoms with Gasteiger partial charge in [-0.15, -0.1) is 0 Å². The number of aromatic nitrogens is 3. The minimum atomic E-state index is -0.572. The molecule has 1 spiro atoms. The van der Waals surface area contributed by atoms with Crippen LogP contribution < -0.4 is 4.74 Å². The third-order valence-electron chi connectivity index (χ3n) is 7.80. The molecule has 180 valence electrons. The van der Waals surface area contributed by atoms with E-state index >= 15 is 0 Å². The summed E-state index contributed by atoms with van der Waals surface area (Å²) in [6, 6.07) is 1.90. The molecule has 1 aliphatic heterocycles. The Kier molecular flexibility index (Phi) is 6.06. The fourth-order valence-electron chi connectivity index (χ4n) is 5.97. The number of likely N-dealkylation sites (N-methyl/N-ethyl adjacent to an activating group) is 1. The zero-order valence-electron chi connectivity index (χ0n) is 19.9.